The summed E-state index contributed by atoms with van der Waals surface area (Å²) in [4.78, 5) is 12.0. The van der Waals surface area contributed by atoms with Crippen molar-refractivity contribution >= 4 is 27.4 Å². The molecule has 0 unspecified atom stereocenters. The Morgan fingerprint density at radius 2 is 1.87 bits per heavy atom. The summed E-state index contributed by atoms with van der Waals surface area (Å²) in [6, 6.07) is 10.5. The quantitative estimate of drug-likeness (QED) is 0.796. The van der Waals surface area contributed by atoms with Gasteiger partial charge in [-0.3, -0.25) is 0 Å². The van der Waals surface area contributed by atoms with Crippen LogP contribution in [0.2, 0.25) is 0 Å². The van der Waals surface area contributed by atoms with E-state index in [1.165, 1.54) is 25.3 Å². The van der Waals surface area contributed by atoms with E-state index >= 15 is 0 Å². The minimum atomic E-state index is -3.83. The summed E-state index contributed by atoms with van der Waals surface area (Å²) < 4.78 is 27.8. The van der Waals surface area contributed by atoms with E-state index in [4.69, 9.17) is 9.88 Å². The molecule has 2 aromatic rings. The maximum Gasteiger partial charge on any atom is 0.323 e. The highest BCUT2D eigenvalue weighted by molar-refractivity contribution is 7.89. The van der Waals surface area contributed by atoms with Gasteiger partial charge in [0.05, 0.1) is 17.7 Å². The van der Waals surface area contributed by atoms with E-state index in [2.05, 4.69) is 10.6 Å². The Morgan fingerprint density at radius 1 is 1.13 bits per heavy atom. The van der Waals surface area contributed by atoms with Crippen LogP contribution >= 0.6 is 0 Å². The average Bonchev–Trinajstić information content (AvgIpc) is 2.46. The van der Waals surface area contributed by atoms with Crippen molar-refractivity contribution in [3.8, 4) is 5.75 Å². The van der Waals surface area contributed by atoms with Gasteiger partial charge in [0.2, 0.25) is 10.0 Å². The number of sulfonamides is 1. The molecule has 2 rings (SSSR count). The van der Waals surface area contributed by atoms with Crippen molar-refractivity contribution in [3.05, 3.63) is 48.0 Å². The fourth-order valence-electron chi connectivity index (χ4n) is 1.95. The number of ether oxygens (including phenoxy) is 1. The molecule has 4 N–H and O–H groups in total. The molecule has 0 aliphatic carbocycles. The minimum Gasteiger partial charge on any atom is -0.495 e. The second-order valence-electron chi connectivity index (χ2n) is 4.86. The number of carbonyl (C=O) groups excluding carboxylic acids is 1. The molecule has 0 saturated carbocycles. The predicted molar refractivity (Wildman–Crippen MR) is 88.2 cm³/mol. The van der Waals surface area contributed by atoms with Crippen LogP contribution in [0.1, 0.15) is 5.56 Å². The monoisotopic (exact) mass is 335 g/mol. The summed E-state index contributed by atoms with van der Waals surface area (Å²) in [7, 11) is -2.32. The average molecular weight is 335 g/mol. The van der Waals surface area contributed by atoms with E-state index in [9.17, 15) is 13.2 Å². The lowest BCUT2D eigenvalue weighted by Crippen LogP contribution is -2.20. The van der Waals surface area contributed by atoms with Gasteiger partial charge >= 0.3 is 6.03 Å². The fraction of sp³-hybridized carbons (Fsp3) is 0.133. The molecule has 0 fully saturated rings. The summed E-state index contributed by atoms with van der Waals surface area (Å²) in [5, 5.41) is 10.3. The van der Waals surface area contributed by atoms with Crippen LogP contribution in [0.15, 0.2) is 47.4 Å². The van der Waals surface area contributed by atoms with E-state index in [1.807, 2.05) is 13.0 Å². The van der Waals surface area contributed by atoms with E-state index < -0.39 is 16.1 Å². The third-order valence-corrected chi connectivity index (χ3v) is 3.93. The van der Waals surface area contributed by atoms with Crippen molar-refractivity contribution in [1.82, 2.24) is 0 Å². The second kappa shape index (κ2) is 6.67. The first-order chi connectivity index (χ1) is 10.8. The lowest BCUT2D eigenvalue weighted by Gasteiger charge is -2.12. The molecular weight excluding hydrogens is 318 g/mol. The van der Waals surface area contributed by atoms with E-state index in [1.54, 1.807) is 18.2 Å². The molecule has 0 atom stereocenters. The lowest BCUT2D eigenvalue weighted by molar-refractivity contribution is 0.262. The SMILES string of the molecule is COc1ccc(C)cc1NC(=O)Nc1cccc(S(N)(=O)=O)c1. The summed E-state index contributed by atoms with van der Waals surface area (Å²) in [5.41, 5.74) is 1.77. The molecule has 2 amide bonds. The molecule has 0 aliphatic heterocycles. The number of methoxy groups -OCH3 is 1. The van der Waals surface area contributed by atoms with Crippen LogP contribution in [0.25, 0.3) is 0 Å². The van der Waals surface area contributed by atoms with Gasteiger partial charge < -0.3 is 15.4 Å². The predicted octanol–water partition coefficient (Wildman–Crippen LogP) is 2.30. The highest BCUT2D eigenvalue weighted by Gasteiger charge is 2.11. The van der Waals surface area contributed by atoms with Crippen LogP contribution in [0, 0.1) is 6.92 Å². The number of aryl methyl sites for hydroxylation is 1. The van der Waals surface area contributed by atoms with Crippen molar-refractivity contribution in [3.63, 3.8) is 0 Å². The molecule has 0 aliphatic rings. The van der Waals surface area contributed by atoms with E-state index in [0.29, 0.717) is 17.1 Å². The van der Waals surface area contributed by atoms with Gasteiger partial charge in [0.15, 0.2) is 0 Å². The number of hydrogen-bond acceptors (Lipinski definition) is 4. The van der Waals surface area contributed by atoms with Crippen LogP contribution in [0.4, 0.5) is 16.2 Å². The van der Waals surface area contributed by atoms with Crippen molar-refractivity contribution in [2.75, 3.05) is 17.7 Å². The topological polar surface area (TPSA) is 111 Å². The van der Waals surface area contributed by atoms with Crippen molar-refractivity contribution in [2.45, 2.75) is 11.8 Å². The van der Waals surface area contributed by atoms with E-state index in [0.717, 1.165) is 5.56 Å². The normalized spacial score (nSPS) is 10.9. The van der Waals surface area contributed by atoms with Gasteiger partial charge in [0.25, 0.3) is 0 Å². The molecule has 2 aromatic carbocycles. The highest BCUT2D eigenvalue weighted by atomic mass is 32.2. The number of primary sulfonamides is 1. The smallest absolute Gasteiger partial charge is 0.323 e. The van der Waals surface area contributed by atoms with Gasteiger partial charge in [-0.15, -0.1) is 0 Å². The number of carbonyl (C=O) groups is 1. The number of nitrogens with one attached hydrogen (secondary N) is 2. The maximum absolute atomic E-state index is 12.1. The van der Waals surface area contributed by atoms with E-state index in [-0.39, 0.29) is 4.90 Å². The number of urea groups is 1. The maximum atomic E-state index is 12.1. The minimum absolute atomic E-state index is 0.0802. The molecule has 8 heteroatoms. The van der Waals surface area contributed by atoms with Crippen LogP contribution in [-0.4, -0.2) is 21.6 Å². The first-order valence-electron chi connectivity index (χ1n) is 6.65. The largest absolute Gasteiger partial charge is 0.495 e. The summed E-state index contributed by atoms with van der Waals surface area (Å²) in [6.07, 6.45) is 0. The Labute approximate surface area is 134 Å². The van der Waals surface area contributed by atoms with Crippen LogP contribution < -0.4 is 20.5 Å². The zero-order valence-electron chi connectivity index (χ0n) is 12.7. The lowest BCUT2D eigenvalue weighted by atomic mass is 10.2. The summed E-state index contributed by atoms with van der Waals surface area (Å²) in [6.45, 7) is 1.89. The Bertz CT molecular complexity index is 834. The summed E-state index contributed by atoms with van der Waals surface area (Å²) in [5.74, 6) is 0.518. The standard InChI is InChI=1S/C15H17N3O4S/c1-10-6-7-14(22-2)13(8-10)18-15(19)17-11-4-3-5-12(9-11)23(16,20)21/h3-9H,1-2H3,(H2,16,20,21)(H2,17,18,19). The fourth-order valence-corrected chi connectivity index (χ4v) is 2.51. The number of rotatable bonds is 4. The third-order valence-electron chi connectivity index (χ3n) is 3.02. The Morgan fingerprint density at radius 3 is 2.52 bits per heavy atom. The van der Waals surface area contributed by atoms with Crippen LogP contribution in [0.5, 0.6) is 5.75 Å². The summed E-state index contributed by atoms with van der Waals surface area (Å²) >= 11 is 0. The van der Waals surface area contributed by atoms with Gasteiger partial charge in [-0.25, -0.2) is 18.4 Å². The molecule has 7 nitrogen and oxygen atoms in total. The number of amides is 2. The second-order valence-corrected chi connectivity index (χ2v) is 6.42. The molecular formula is C15H17N3O4S. The molecule has 23 heavy (non-hydrogen) atoms. The molecule has 0 bridgehead atoms. The Hall–Kier alpha value is -2.58. The Kier molecular flexibility index (Phi) is 4.87. The molecule has 122 valence electrons. The Balaban J connectivity index is 2.16. The number of hydrogen-bond donors (Lipinski definition) is 3. The zero-order valence-corrected chi connectivity index (χ0v) is 13.5. The molecule has 0 spiro atoms. The van der Waals surface area contributed by atoms with Gasteiger partial charge in [0.1, 0.15) is 5.75 Å². The molecule has 0 saturated heterocycles. The molecule has 0 radical (unpaired) electrons. The van der Waals surface area contributed by atoms with Crippen molar-refractivity contribution in [1.29, 1.82) is 0 Å². The van der Waals surface area contributed by atoms with Gasteiger partial charge in [-0.1, -0.05) is 12.1 Å². The van der Waals surface area contributed by atoms with Crippen LogP contribution in [0.3, 0.4) is 0 Å². The first kappa shape index (κ1) is 16.8. The zero-order chi connectivity index (χ0) is 17.0. The van der Waals surface area contributed by atoms with Gasteiger partial charge in [-0.2, -0.15) is 0 Å². The third kappa shape index (κ3) is 4.44. The van der Waals surface area contributed by atoms with Gasteiger partial charge in [0, 0.05) is 5.69 Å². The number of anilines is 2. The highest BCUT2D eigenvalue weighted by Crippen LogP contribution is 2.25. The van der Waals surface area contributed by atoms with Gasteiger partial charge in [-0.05, 0) is 42.8 Å². The van der Waals surface area contributed by atoms with Crippen LogP contribution in [-0.2, 0) is 10.0 Å². The molecule has 0 heterocycles. The van der Waals surface area contributed by atoms with Crippen molar-refractivity contribution in [2.24, 2.45) is 5.14 Å². The molecule has 0 aromatic heterocycles. The first-order valence-corrected chi connectivity index (χ1v) is 8.20. The number of nitrogens with two attached hydrogens (primary N) is 1. The number of benzene rings is 2. The van der Waals surface area contributed by atoms with Crippen molar-refractivity contribution < 1.29 is 17.9 Å².